The largest absolute Gasteiger partial charge is 0.493 e. The quantitative estimate of drug-likeness (QED) is 0.601. The van der Waals surface area contributed by atoms with Crippen molar-refractivity contribution in [3.63, 3.8) is 0 Å². The summed E-state index contributed by atoms with van der Waals surface area (Å²) in [7, 11) is 0. The van der Waals surface area contributed by atoms with Gasteiger partial charge in [-0.1, -0.05) is 12.1 Å². The fourth-order valence-corrected chi connectivity index (χ4v) is 2.73. The molecule has 4 nitrogen and oxygen atoms in total. The second kappa shape index (κ2) is 9.04. The van der Waals surface area contributed by atoms with E-state index in [1.807, 2.05) is 38.1 Å². The molecule has 3 aromatic rings. The molecular weight excluding hydrogens is 357 g/mol. The van der Waals surface area contributed by atoms with E-state index in [4.69, 9.17) is 9.47 Å². The minimum absolute atomic E-state index is 0.274. The number of hydrogen-bond acceptors (Lipinski definition) is 3. The van der Waals surface area contributed by atoms with E-state index in [0.717, 1.165) is 16.9 Å². The first-order valence-electron chi connectivity index (χ1n) is 9.07. The van der Waals surface area contributed by atoms with Gasteiger partial charge in [0.05, 0.1) is 6.61 Å². The Balaban J connectivity index is 1.77. The van der Waals surface area contributed by atoms with Gasteiger partial charge in [-0.15, -0.1) is 0 Å². The molecule has 0 fully saturated rings. The van der Waals surface area contributed by atoms with E-state index in [1.54, 1.807) is 18.2 Å². The van der Waals surface area contributed by atoms with Crippen molar-refractivity contribution in [3.05, 3.63) is 89.2 Å². The van der Waals surface area contributed by atoms with Crippen molar-refractivity contribution in [1.82, 2.24) is 0 Å². The van der Waals surface area contributed by atoms with Gasteiger partial charge in [-0.05, 0) is 74.0 Å². The summed E-state index contributed by atoms with van der Waals surface area (Å²) in [6, 6.07) is 18.6. The van der Waals surface area contributed by atoms with Gasteiger partial charge < -0.3 is 14.8 Å². The molecule has 28 heavy (non-hydrogen) atoms. The third-order valence-corrected chi connectivity index (χ3v) is 4.11. The lowest BCUT2D eigenvalue weighted by atomic mass is 10.1. The van der Waals surface area contributed by atoms with E-state index in [-0.39, 0.29) is 18.3 Å². The topological polar surface area (TPSA) is 47.6 Å². The second-order valence-corrected chi connectivity index (χ2v) is 6.32. The third-order valence-electron chi connectivity index (χ3n) is 4.11. The van der Waals surface area contributed by atoms with Gasteiger partial charge in [0.25, 0.3) is 5.91 Å². The number of carbonyl (C=O) groups excluding carboxylic acids is 1. The van der Waals surface area contributed by atoms with Crippen LogP contribution in [-0.2, 0) is 6.61 Å². The molecule has 0 saturated heterocycles. The molecule has 0 spiro atoms. The Morgan fingerprint density at radius 1 is 1.00 bits per heavy atom. The van der Waals surface area contributed by atoms with Crippen LogP contribution in [0.4, 0.5) is 10.1 Å². The van der Waals surface area contributed by atoms with Crippen molar-refractivity contribution < 1.29 is 18.7 Å². The summed E-state index contributed by atoms with van der Waals surface area (Å²) in [4.78, 5) is 12.6. The number of benzene rings is 3. The van der Waals surface area contributed by atoms with E-state index < -0.39 is 0 Å². The first kappa shape index (κ1) is 19.4. The molecule has 0 aromatic heterocycles. The first-order valence-corrected chi connectivity index (χ1v) is 9.07. The molecule has 1 amide bonds. The average molecular weight is 379 g/mol. The van der Waals surface area contributed by atoms with Gasteiger partial charge in [0.15, 0.2) is 0 Å². The van der Waals surface area contributed by atoms with Gasteiger partial charge in [-0.25, -0.2) is 4.39 Å². The Labute approximate surface area is 163 Å². The Morgan fingerprint density at radius 3 is 2.50 bits per heavy atom. The van der Waals surface area contributed by atoms with Gasteiger partial charge in [-0.2, -0.15) is 0 Å². The molecule has 0 unspecified atom stereocenters. The monoisotopic (exact) mass is 379 g/mol. The molecule has 3 rings (SSSR count). The van der Waals surface area contributed by atoms with Crippen molar-refractivity contribution in [2.24, 2.45) is 0 Å². The number of ether oxygens (including phenoxy) is 2. The van der Waals surface area contributed by atoms with Gasteiger partial charge in [0.2, 0.25) is 0 Å². The molecular formula is C23H22FNO3. The summed E-state index contributed by atoms with van der Waals surface area (Å²) in [6.07, 6.45) is 0. The molecule has 0 saturated carbocycles. The van der Waals surface area contributed by atoms with Crippen LogP contribution in [0.1, 0.15) is 28.4 Å². The van der Waals surface area contributed by atoms with Crippen molar-refractivity contribution in [2.75, 3.05) is 11.9 Å². The van der Waals surface area contributed by atoms with Gasteiger partial charge in [-0.3, -0.25) is 4.79 Å². The number of rotatable bonds is 7. The molecule has 144 valence electrons. The van der Waals surface area contributed by atoms with Gasteiger partial charge in [0.1, 0.15) is 23.9 Å². The number of aryl methyl sites for hydroxylation is 1. The zero-order valence-electron chi connectivity index (χ0n) is 15.9. The average Bonchev–Trinajstić information content (AvgIpc) is 2.69. The van der Waals surface area contributed by atoms with Crippen LogP contribution in [0.3, 0.4) is 0 Å². The molecule has 0 heterocycles. The third kappa shape index (κ3) is 5.10. The fraction of sp³-hybridized carbons (Fsp3) is 0.174. The predicted molar refractivity (Wildman–Crippen MR) is 107 cm³/mol. The Bertz CT molecular complexity index is 954. The number of anilines is 1. The molecule has 0 aliphatic heterocycles. The number of halogens is 1. The normalized spacial score (nSPS) is 10.4. The van der Waals surface area contributed by atoms with Crippen molar-refractivity contribution in [2.45, 2.75) is 20.5 Å². The summed E-state index contributed by atoms with van der Waals surface area (Å²) >= 11 is 0. The van der Waals surface area contributed by atoms with E-state index in [9.17, 15) is 9.18 Å². The van der Waals surface area contributed by atoms with Crippen LogP contribution in [0, 0.1) is 12.7 Å². The molecule has 5 heteroatoms. The van der Waals surface area contributed by atoms with E-state index in [1.165, 1.54) is 24.3 Å². The van der Waals surface area contributed by atoms with Gasteiger partial charge >= 0.3 is 0 Å². The zero-order chi connectivity index (χ0) is 19.9. The number of hydrogen-bond donors (Lipinski definition) is 1. The molecule has 3 aromatic carbocycles. The van der Waals surface area contributed by atoms with Crippen LogP contribution < -0.4 is 14.8 Å². The first-order chi connectivity index (χ1) is 13.5. The highest BCUT2D eigenvalue weighted by Gasteiger charge is 2.12. The lowest BCUT2D eigenvalue weighted by Gasteiger charge is -2.14. The highest BCUT2D eigenvalue weighted by atomic mass is 19.1. The highest BCUT2D eigenvalue weighted by Crippen LogP contribution is 2.24. The molecule has 0 bridgehead atoms. The van der Waals surface area contributed by atoms with Crippen molar-refractivity contribution in [1.29, 1.82) is 0 Å². The Kier molecular flexibility index (Phi) is 6.27. The Hall–Kier alpha value is -3.34. The minimum atomic E-state index is -0.352. The lowest BCUT2D eigenvalue weighted by molar-refractivity contribution is 0.102. The maximum Gasteiger partial charge on any atom is 0.255 e. The fourth-order valence-electron chi connectivity index (χ4n) is 2.73. The maximum atomic E-state index is 13.0. The summed E-state index contributed by atoms with van der Waals surface area (Å²) in [5, 5.41) is 2.76. The number of nitrogens with one attached hydrogen (secondary N) is 1. The van der Waals surface area contributed by atoms with Crippen molar-refractivity contribution in [3.8, 4) is 11.5 Å². The summed E-state index contributed by atoms with van der Waals surface area (Å²) in [5.41, 5.74) is 2.87. The van der Waals surface area contributed by atoms with Crippen LogP contribution >= 0.6 is 0 Å². The molecule has 0 aliphatic carbocycles. The molecule has 0 aliphatic rings. The number of amides is 1. The van der Waals surface area contributed by atoms with Crippen LogP contribution in [0.25, 0.3) is 0 Å². The van der Waals surface area contributed by atoms with Crippen LogP contribution in [0.2, 0.25) is 0 Å². The standard InChI is InChI=1S/C23H22FNO3/c1-3-27-22-12-7-17(23(26)25-20-10-8-19(24)9-11-20)14-18(22)15-28-21-6-4-5-16(2)13-21/h4-14H,3,15H2,1-2H3,(H,25,26). The second-order valence-electron chi connectivity index (χ2n) is 6.32. The smallest absolute Gasteiger partial charge is 0.255 e. The van der Waals surface area contributed by atoms with E-state index in [0.29, 0.717) is 23.6 Å². The molecule has 1 N–H and O–H groups in total. The Morgan fingerprint density at radius 2 is 1.79 bits per heavy atom. The summed E-state index contributed by atoms with van der Waals surface area (Å²) in [6.45, 7) is 4.69. The predicted octanol–water partition coefficient (Wildman–Crippen LogP) is 5.36. The lowest BCUT2D eigenvalue weighted by Crippen LogP contribution is -2.13. The van der Waals surface area contributed by atoms with E-state index in [2.05, 4.69) is 5.32 Å². The number of carbonyl (C=O) groups is 1. The maximum absolute atomic E-state index is 13.0. The van der Waals surface area contributed by atoms with Crippen LogP contribution in [0.5, 0.6) is 11.5 Å². The van der Waals surface area contributed by atoms with Crippen LogP contribution in [-0.4, -0.2) is 12.5 Å². The SMILES string of the molecule is CCOc1ccc(C(=O)Nc2ccc(F)cc2)cc1COc1cccc(C)c1. The van der Waals surface area contributed by atoms with Crippen molar-refractivity contribution >= 4 is 11.6 Å². The molecule has 0 atom stereocenters. The summed E-state index contributed by atoms with van der Waals surface area (Å²) in [5.74, 6) is 0.790. The summed E-state index contributed by atoms with van der Waals surface area (Å²) < 4.78 is 24.6. The van der Waals surface area contributed by atoms with E-state index >= 15 is 0 Å². The van der Waals surface area contributed by atoms with Gasteiger partial charge in [0, 0.05) is 16.8 Å². The molecule has 0 radical (unpaired) electrons. The zero-order valence-corrected chi connectivity index (χ0v) is 15.9. The minimum Gasteiger partial charge on any atom is -0.493 e. The highest BCUT2D eigenvalue weighted by molar-refractivity contribution is 6.04. The van der Waals surface area contributed by atoms with Crippen LogP contribution in [0.15, 0.2) is 66.7 Å².